The van der Waals surface area contributed by atoms with Crippen molar-refractivity contribution in [3.8, 4) is 0 Å². The third-order valence-corrected chi connectivity index (χ3v) is 5.65. The number of nitrogen functional groups attached to an aromatic ring is 1. The van der Waals surface area contributed by atoms with E-state index in [1.165, 1.54) is 12.8 Å². The molecule has 3 N–H and O–H groups in total. The molecule has 140 valence electrons. The van der Waals surface area contributed by atoms with Crippen molar-refractivity contribution < 1.29 is 13.9 Å². The lowest BCUT2D eigenvalue weighted by atomic mass is 10.0. The zero-order valence-electron chi connectivity index (χ0n) is 15.5. The minimum atomic E-state index is -1.13. The minimum absolute atomic E-state index is 0.0501. The van der Waals surface area contributed by atoms with Crippen LogP contribution in [-0.4, -0.2) is 41.1 Å². The largest absolute Gasteiger partial charge is 0.461 e. The van der Waals surface area contributed by atoms with Crippen LogP contribution in [0.5, 0.6) is 0 Å². The number of anilines is 1. The van der Waals surface area contributed by atoms with E-state index in [0.717, 1.165) is 11.6 Å². The first-order valence-corrected chi connectivity index (χ1v) is 8.98. The van der Waals surface area contributed by atoms with E-state index in [-0.39, 0.29) is 11.5 Å². The van der Waals surface area contributed by atoms with Gasteiger partial charge in [0, 0.05) is 17.5 Å². The number of fused-ring (bicyclic) bond motifs is 1. The van der Waals surface area contributed by atoms with Gasteiger partial charge in [0.05, 0.1) is 11.2 Å². The maximum absolute atomic E-state index is 13.7. The Morgan fingerprint density at radius 1 is 1.44 bits per heavy atom. The second kappa shape index (κ2) is 6.27. The van der Waals surface area contributed by atoms with Crippen molar-refractivity contribution in [3.63, 3.8) is 0 Å². The molecule has 3 fully saturated rings. The van der Waals surface area contributed by atoms with Crippen LogP contribution >= 0.6 is 0 Å². The number of hydrogen-bond acceptors (Lipinski definition) is 5. The summed E-state index contributed by atoms with van der Waals surface area (Å²) >= 11 is 0. The molecular weight excluding hydrogens is 323 g/mol. The van der Waals surface area contributed by atoms with Crippen LogP contribution in [0.3, 0.4) is 0 Å². The average molecular weight is 352 g/mol. The predicted octanol–water partition coefficient (Wildman–Crippen LogP) is 2.35. The summed E-state index contributed by atoms with van der Waals surface area (Å²) in [6.07, 6.45) is 1.91. The van der Waals surface area contributed by atoms with Gasteiger partial charge in [-0.05, 0) is 59.4 Å². The first kappa shape index (κ1) is 18.2. The lowest BCUT2D eigenvalue weighted by Gasteiger charge is -2.20. The molecule has 3 unspecified atom stereocenters. The number of rotatable bonds is 4. The normalized spacial score (nSPS) is 35.4. The van der Waals surface area contributed by atoms with Crippen molar-refractivity contribution >= 4 is 12.3 Å². The number of alkyl halides is 1. The number of halogens is 1. The molecule has 0 aromatic carbocycles. The van der Waals surface area contributed by atoms with Crippen LogP contribution in [0.4, 0.5) is 10.2 Å². The Bertz CT molecular complexity index is 634. The number of hydrogen-bond donors (Lipinski definition) is 2. The molecule has 0 bridgehead atoms. The van der Waals surface area contributed by atoms with Gasteiger partial charge in [-0.3, -0.25) is 4.79 Å². The smallest absolute Gasteiger partial charge is 0.293 e. The van der Waals surface area contributed by atoms with Crippen LogP contribution in [0.15, 0.2) is 6.07 Å². The maximum atomic E-state index is 13.7. The molecule has 3 saturated carbocycles. The van der Waals surface area contributed by atoms with Gasteiger partial charge in [0.2, 0.25) is 0 Å². The van der Waals surface area contributed by atoms with E-state index in [1.807, 2.05) is 20.8 Å². The Morgan fingerprint density at radius 2 is 2.08 bits per heavy atom. The maximum Gasteiger partial charge on any atom is 0.293 e. The molecule has 7 heteroatoms. The van der Waals surface area contributed by atoms with Gasteiger partial charge in [0.15, 0.2) is 0 Å². The Balaban J connectivity index is 0.000000250. The summed E-state index contributed by atoms with van der Waals surface area (Å²) in [4.78, 5) is 10.3. The van der Waals surface area contributed by atoms with Crippen LogP contribution in [0.1, 0.15) is 58.1 Å². The Kier molecular flexibility index (Phi) is 4.56. The highest BCUT2D eigenvalue weighted by atomic mass is 19.1. The third kappa shape index (κ3) is 3.66. The number of ether oxygens (including phenoxy) is 1. The molecule has 3 aliphatic carbocycles. The summed E-state index contributed by atoms with van der Waals surface area (Å²) in [5, 5.41) is 7.76. The van der Waals surface area contributed by atoms with Crippen molar-refractivity contribution in [2.24, 2.45) is 5.92 Å². The van der Waals surface area contributed by atoms with Gasteiger partial charge in [0.1, 0.15) is 18.1 Å². The molecule has 1 heterocycles. The molecule has 25 heavy (non-hydrogen) atoms. The highest BCUT2D eigenvalue weighted by Gasteiger charge is 2.68. The molecule has 0 saturated heterocycles. The van der Waals surface area contributed by atoms with Crippen molar-refractivity contribution in [2.45, 2.75) is 75.7 Å². The molecule has 3 aliphatic rings. The fraction of sp³-hybridized carbons (Fsp3) is 0.778. The Morgan fingerprint density at radius 3 is 2.48 bits per heavy atom. The van der Waals surface area contributed by atoms with Gasteiger partial charge in [-0.15, -0.1) is 0 Å². The monoisotopic (exact) mass is 352 g/mol. The first-order chi connectivity index (χ1) is 11.7. The molecule has 1 aromatic heterocycles. The fourth-order valence-electron chi connectivity index (χ4n) is 3.66. The number of nitrogens with one attached hydrogen (secondary N) is 1. The average Bonchev–Trinajstić information content (AvgIpc) is 3.28. The quantitative estimate of drug-likeness (QED) is 0.813. The van der Waals surface area contributed by atoms with E-state index >= 15 is 0 Å². The van der Waals surface area contributed by atoms with Gasteiger partial charge >= 0.3 is 0 Å². The van der Waals surface area contributed by atoms with E-state index in [4.69, 9.17) is 10.5 Å². The number of carbonyl (C=O) groups is 1. The van der Waals surface area contributed by atoms with Gasteiger partial charge in [-0.2, -0.15) is 5.10 Å². The number of nitrogens with two attached hydrogens (primary N) is 1. The van der Waals surface area contributed by atoms with E-state index < -0.39 is 12.3 Å². The Hall–Kier alpha value is -1.63. The topological polar surface area (TPSA) is 82.2 Å². The van der Waals surface area contributed by atoms with Gasteiger partial charge in [-0.25, -0.2) is 9.07 Å². The number of carbonyl (C=O) groups excluding carboxylic acids is 1. The summed E-state index contributed by atoms with van der Waals surface area (Å²) in [5.74, 6) is 1.62. The second-order valence-electron chi connectivity index (χ2n) is 8.54. The zero-order valence-corrected chi connectivity index (χ0v) is 15.5. The Labute approximate surface area is 148 Å². The van der Waals surface area contributed by atoms with E-state index in [0.29, 0.717) is 30.7 Å². The first-order valence-electron chi connectivity index (χ1n) is 8.98. The van der Waals surface area contributed by atoms with E-state index in [1.54, 1.807) is 10.7 Å². The van der Waals surface area contributed by atoms with Gasteiger partial charge in [0.25, 0.3) is 6.47 Å². The zero-order chi connectivity index (χ0) is 18.4. The number of aromatic nitrogens is 2. The van der Waals surface area contributed by atoms with Crippen LogP contribution in [-0.2, 0) is 15.1 Å². The summed E-state index contributed by atoms with van der Waals surface area (Å²) in [6.45, 7) is 6.32. The fourth-order valence-corrected chi connectivity index (χ4v) is 3.66. The van der Waals surface area contributed by atoms with Crippen molar-refractivity contribution in [2.75, 3.05) is 12.8 Å². The van der Waals surface area contributed by atoms with Gasteiger partial charge in [-0.1, -0.05) is 0 Å². The molecule has 0 spiro atoms. The minimum Gasteiger partial charge on any atom is -0.461 e. The number of nitrogens with zero attached hydrogens (tertiary/aromatic N) is 2. The lowest BCUT2D eigenvalue weighted by Crippen LogP contribution is -2.24. The molecule has 3 atom stereocenters. The van der Waals surface area contributed by atoms with Crippen LogP contribution in [0, 0.1) is 5.92 Å². The highest BCUT2D eigenvalue weighted by molar-refractivity contribution is 5.38. The standard InChI is InChI=1S/C13H20FN3O2.C5H9N/c1-13(2,3)17-12(15)6-10(16-17)8-4-9(14)11(5-8)19-7-18;1-6-5-2-4(5)3-5/h6-9,11H,4-5,15H2,1-3H3;4,6H,2-3H2,1H3. The third-order valence-electron chi connectivity index (χ3n) is 5.65. The SMILES string of the molecule is CC(C)(C)n1nc(C2CC(F)C(OC=O)C2)cc1N.CNC12CC1C2. The molecule has 0 radical (unpaired) electrons. The van der Waals surface area contributed by atoms with Gasteiger partial charge < -0.3 is 15.8 Å². The van der Waals surface area contributed by atoms with Crippen molar-refractivity contribution in [1.29, 1.82) is 0 Å². The molecule has 4 rings (SSSR count). The molecule has 6 nitrogen and oxygen atoms in total. The van der Waals surface area contributed by atoms with Crippen LogP contribution in [0.25, 0.3) is 0 Å². The molecule has 0 amide bonds. The molecule has 0 aliphatic heterocycles. The van der Waals surface area contributed by atoms with E-state index in [9.17, 15) is 9.18 Å². The van der Waals surface area contributed by atoms with Crippen LogP contribution < -0.4 is 11.1 Å². The molecule has 1 aromatic rings. The predicted molar refractivity (Wildman–Crippen MR) is 94.0 cm³/mol. The molecular formula is C18H29FN4O2. The van der Waals surface area contributed by atoms with Crippen LogP contribution in [0.2, 0.25) is 0 Å². The van der Waals surface area contributed by atoms with E-state index in [2.05, 4.69) is 17.5 Å². The lowest BCUT2D eigenvalue weighted by molar-refractivity contribution is -0.135. The summed E-state index contributed by atoms with van der Waals surface area (Å²) in [5.41, 5.74) is 7.21. The summed E-state index contributed by atoms with van der Waals surface area (Å²) < 4.78 is 20.2. The summed E-state index contributed by atoms with van der Waals surface area (Å²) in [7, 11) is 2.06. The van der Waals surface area contributed by atoms with Crippen molar-refractivity contribution in [1.82, 2.24) is 15.1 Å². The second-order valence-corrected chi connectivity index (χ2v) is 8.54. The highest BCUT2D eigenvalue weighted by Crippen LogP contribution is 2.66. The van der Waals surface area contributed by atoms with Crippen molar-refractivity contribution in [3.05, 3.63) is 11.8 Å². The summed E-state index contributed by atoms with van der Waals surface area (Å²) in [6, 6.07) is 1.78.